The van der Waals surface area contributed by atoms with Crippen LogP contribution in [0.2, 0.25) is 5.02 Å². The van der Waals surface area contributed by atoms with Gasteiger partial charge in [0.25, 0.3) is 0 Å². The minimum absolute atomic E-state index is 0.0177. The highest BCUT2D eigenvalue weighted by Gasteiger charge is 2.43. The van der Waals surface area contributed by atoms with Crippen LogP contribution in [0.1, 0.15) is 25.5 Å². The number of piperidine rings is 1. The molecule has 1 saturated heterocycles. The van der Waals surface area contributed by atoms with E-state index in [-0.39, 0.29) is 36.3 Å². The first kappa shape index (κ1) is 18.6. The highest BCUT2D eigenvalue weighted by atomic mass is 35.5. The highest BCUT2D eigenvalue weighted by molar-refractivity contribution is 6.30. The molecule has 1 N–H and O–H groups in total. The summed E-state index contributed by atoms with van der Waals surface area (Å²) in [5, 5.41) is 2.33. The molecule has 24 heavy (non-hydrogen) atoms. The van der Waals surface area contributed by atoms with Gasteiger partial charge in [-0.25, -0.2) is 4.79 Å². The Kier molecular flexibility index (Phi) is 5.42. The molecule has 1 heterocycles. The van der Waals surface area contributed by atoms with Gasteiger partial charge in [0, 0.05) is 29.9 Å². The van der Waals surface area contributed by atoms with E-state index in [1.54, 1.807) is 13.8 Å². The van der Waals surface area contributed by atoms with Gasteiger partial charge in [-0.3, -0.25) is 4.79 Å². The van der Waals surface area contributed by atoms with Crippen molar-refractivity contribution in [3.8, 4) is 0 Å². The number of ketones is 1. The molecule has 1 unspecified atom stereocenters. The van der Waals surface area contributed by atoms with Gasteiger partial charge in [0.15, 0.2) is 6.04 Å². The molecule has 0 bridgehead atoms. The Morgan fingerprint density at radius 2 is 1.71 bits per heavy atom. The largest absolute Gasteiger partial charge is 0.412 e. The van der Waals surface area contributed by atoms with E-state index >= 15 is 0 Å². The number of urea groups is 1. The Labute approximate surface area is 143 Å². The van der Waals surface area contributed by atoms with Gasteiger partial charge in [-0.05, 0) is 17.7 Å². The van der Waals surface area contributed by atoms with Crippen LogP contribution in [-0.2, 0) is 4.79 Å². The highest BCUT2D eigenvalue weighted by Crippen LogP contribution is 2.33. The fourth-order valence-electron chi connectivity index (χ4n) is 2.79. The zero-order valence-electron chi connectivity index (χ0n) is 13.2. The smallest absolute Gasteiger partial charge is 0.323 e. The first-order chi connectivity index (χ1) is 11.1. The number of carbonyl (C=O) groups is 2. The standard InChI is InChI=1S/C16H18ClF3N2O2/c1-9-7-22(8-10(2)13(9)23)15(24)21-14(16(18,19)20)11-3-5-12(17)6-4-11/h3-6,9-10,14H,7-8H2,1-2H3,(H,21,24)/t9-,10-,14?/m1/s1. The van der Waals surface area contributed by atoms with Crippen LogP contribution in [0.25, 0.3) is 0 Å². The molecule has 132 valence electrons. The molecule has 0 saturated carbocycles. The molecule has 1 aliphatic rings. The van der Waals surface area contributed by atoms with E-state index in [0.717, 1.165) is 0 Å². The van der Waals surface area contributed by atoms with Gasteiger partial charge in [0.2, 0.25) is 0 Å². The summed E-state index contributed by atoms with van der Waals surface area (Å²) in [4.78, 5) is 25.3. The average molecular weight is 363 g/mol. The second-order valence-electron chi connectivity index (χ2n) is 6.09. The Balaban J connectivity index is 2.16. The molecular weight excluding hydrogens is 345 g/mol. The average Bonchev–Trinajstić information content (AvgIpc) is 2.49. The number of alkyl halides is 3. The Morgan fingerprint density at radius 1 is 1.21 bits per heavy atom. The van der Waals surface area contributed by atoms with Crippen molar-refractivity contribution >= 4 is 23.4 Å². The van der Waals surface area contributed by atoms with Crippen LogP contribution in [0.15, 0.2) is 24.3 Å². The van der Waals surface area contributed by atoms with Crippen LogP contribution in [0, 0.1) is 11.8 Å². The fraction of sp³-hybridized carbons (Fsp3) is 0.500. The molecule has 0 aliphatic carbocycles. The number of benzene rings is 1. The number of nitrogens with one attached hydrogen (secondary N) is 1. The molecule has 4 nitrogen and oxygen atoms in total. The van der Waals surface area contributed by atoms with E-state index in [9.17, 15) is 22.8 Å². The summed E-state index contributed by atoms with van der Waals surface area (Å²) < 4.78 is 40.0. The number of hydrogen-bond acceptors (Lipinski definition) is 2. The van der Waals surface area contributed by atoms with Crippen molar-refractivity contribution in [1.82, 2.24) is 10.2 Å². The van der Waals surface area contributed by atoms with Crippen molar-refractivity contribution in [3.63, 3.8) is 0 Å². The normalized spacial score (nSPS) is 23.1. The summed E-state index contributed by atoms with van der Waals surface area (Å²) in [6.07, 6.45) is -4.65. The summed E-state index contributed by atoms with van der Waals surface area (Å²) in [6.45, 7) is 3.55. The van der Waals surface area contributed by atoms with E-state index in [1.165, 1.54) is 29.2 Å². The molecule has 1 fully saturated rings. The van der Waals surface area contributed by atoms with E-state index in [0.29, 0.717) is 5.02 Å². The summed E-state index contributed by atoms with van der Waals surface area (Å²) in [5.74, 6) is -0.761. The molecule has 1 aromatic carbocycles. The third kappa shape index (κ3) is 4.20. The minimum atomic E-state index is -4.65. The summed E-state index contributed by atoms with van der Waals surface area (Å²) in [7, 11) is 0. The van der Waals surface area contributed by atoms with Gasteiger partial charge in [-0.1, -0.05) is 37.6 Å². The predicted molar refractivity (Wildman–Crippen MR) is 83.7 cm³/mol. The van der Waals surface area contributed by atoms with Crippen LogP contribution >= 0.6 is 11.6 Å². The predicted octanol–water partition coefficient (Wildman–Crippen LogP) is 3.81. The third-order valence-electron chi connectivity index (χ3n) is 4.05. The lowest BCUT2D eigenvalue weighted by molar-refractivity contribution is -0.155. The number of hydrogen-bond donors (Lipinski definition) is 1. The number of amides is 2. The zero-order chi connectivity index (χ0) is 18.1. The molecule has 8 heteroatoms. The Bertz CT molecular complexity index is 605. The fourth-order valence-corrected chi connectivity index (χ4v) is 2.92. The number of likely N-dealkylation sites (tertiary alicyclic amines) is 1. The van der Waals surface area contributed by atoms with Crippen LogP contribution < -0.4 is 5.32 Å². The lowest BCUT2D eigenvalue weighted by Crippen LogP contribution is -2.53. The number of Topliss-reactive ketones (excluding diaryl/α,β-unsaturated/α-hetero) is 1. The monoisotopic (exact) mass is 362 g/mol. The second-order valence-corrected chi connectivity index (χ2v) is 6.52. The maximum Gasteiger partial charge on any atom is 0.412 e. The zero-order valence-corrected chi connectivity index (χ0v) is 14.0. The number of nitrogens with zero attached hydrogens (tertiary/aromatic N) is 1. The molecule has 0 aromatic heterocycles. The number of rotatable bonds is 2. The van der Waals surface area contributed by atoms with E-state index in [1.807, 2.05) is 5.32 Å². The topological polar surface area (TPSA) is 49.4 Å². The van der Waals surface area contributed by atoms with E-state index in [4.69, 9.17) is 11.6 Å². The Morgan fingerprint density at radius 3 is 2.17 bits per heavy atom. The van der Waals surface area contributed by atoms with Gasteiger partial charge in [-0.2, -0.15) is 13.2 Å². The second kappa shape index (κ2) is 7.01. The minimum Gasteiger partial charge on any atom is -0.323 e. The number of halogens is 4. The first-order valence-electron chi connectivity index (χ1n) is 7.51. The van der Waals surface area contributed by atoms with Crippen molar-refractivity contribution in [2.24, 2.45) is 11.8 Å². The van der Waals surface area contributed by atoms with Gasteiger partial charge in [0.05, 0.1) is 0 Å². The SMILES string of the molecule is C[C@@H]1CN(C(=O)NC(c2ccc(Cl)cc2)C(F)(F)F)C[C@@H](C)C1=O. The van der Waals surface area contributed by atoms with Gasteiger partial charge in [0.1, 0.15) is 5.78 Å². The summed E-state index contributed by atoms with van der Waals surface area (Å²) in [6, 6.07) is 2.16. The third-order valence-corrected chi connectivity index (χ3v) is 4.30. The van der Waals surface area contributed by atoms with Crippen molar-refractivity contribution in [2.45, 2.75) is 26.1 Å². The summed E-state index contributed by atoms with van der Waals surface area (Å²) in [5.41, 5.74) is -0.102. The molecular formula is C16H18ClF3N2O2. The van der Waals surface area contributed by atoms with Crippen molar-refractivity contribution in [1.29, 1.82) is 0 Å². The lowest BCUT2D eigenvalue weighted by Gasteiger charge is -2.35. The first-order valence-corrected chi connectivity index (χ1v) is 7.88. The maximum absolute atomic E-state index is 13.3. The molecule has 0 radical (unpaired) electrons. The van der Waals surface area contributed by atoms with Crippen molar-refractivity contribution in [3.05, 3.63) is 34.9 Å². The van der Waals surface area contributed by atoms with Crippen molar-refractivity contribution < 1.29 is 22.8 Å². The lowest BCUT2D eigenvalue weighted by atomic mass is 9.90. The molecule has 0 spiro atoms. The van der Waals surface area contributed by atoms with Crippen LogP contribution in [0.4, 0.5) is 18.0 Å². The molecule has 1 aliphatic heterocycles. The quantitative estimate of drug-likeness (QED) is 0.869. The molecule has 2 rings (SSSR count). The Hall–Kier alpha value is -1.76. The van der Waals surface area contributed by atoms with Gasteiger partial charge >= 0.3 is 12.2 Å². The van der Waals surface area contributed by atoms with Crippen LogP contribution in [0.3, 0.4) is 0 Å². The van der Waals surface area contributed by atoms with Crippen LogP contribution in [-0.4, -0.2) is 36.0 Å². The maximum atomic E-state index is 13.3. The van der Waals surface area contributed by atoms with Crippen LogP contribution in [0.5, 0.6) is 0 Å². The van der Waals surface area contributed by atoms with E-state index in [2.05, 4.69) is 0 Å². The summed E-state index contributed by atoms with van der Waals surface area (Å²) >= 11 is 5.70. The van der Waals surface area contributed by atoms with Gasteiger partial charge < -0.3 is 10.2 Å². The molecule has 3 atom stereocenters. The molecule has 2 amide bonds. The molecule has 1 aromatic rings. The number of carbonyl (C=O) groups excluding carboxylic acids is 2. The van der Waals surface area contributed by atoms with Crippen molar-refractivity contribution in [2.75, 3.05) is 13.1 Å². The van der Waals surface area contributed by atoms with E-state index < -0.39 is 18.2 Å². The van der Waals surface area contributed by atoms with Gasteiger partial charge in [-0.15, -0.1) is 0 Å².